The van der Waals surface area contributed by atoms with Crippen LogP contribution in [-0.2, 0) is 16.6 Å². The van der Waals surface area contributed by atoms with Crippen LogP contribution in [0.15, 0.2) is 15.4 Å². The van der Waals surface area contributed by atoms with Gasteiger partial charge in [0.1, 0.15) is 16.4 Å². The van der Waals surface area contributed by atoms with Gasteiger partial charge < -0.3 is 14.6 Å². The van der Waals surface area contributed by atoms with E-state index in [1.165, 1.54) is 0 Å². The van der Waals surface area contributed by atoms with Gasteiger partial charge in [0.2, 0.25) is 10.0 Å². The van der Waals surface area contributed by atoms with Crippen molar-refractivity contribution in [1.82, 2.24) is 14.9 Å². The number of hydrogen-bond donors (Lipinski definition) is 2. The first kappa shape index (κ1) is 17.2. The lowest BCUT2D eigenvalue weighted by Crippen LogP contribution is -2.25. The molecule has 2 N–H and O–H groups in total. The number of nitrogens with zero attached hydrogens (tertiary/aromatic N) is 1. The molecule has 116 valence electrons. The van der Waals surface area contributed by atoms with Crippen LogP contribution < -0.4 is 10.0 Å². The normalized spacial score (nSPS) is 12.2. The van der Waals surface area contributed by atoms with E-state index in [1.807, 2.05) is 14.1 Å². The van der Waals surface area contributed by atoms with Gasteiger partial charge in [-0.05, 0) is 47.5 Å². The van der Waals surface area contributed by atoms with Crippen molar-refractivity contribution < 1.29 is 12.8 Å². The van der Waals surface area contributed by atoms with Crippen LogP contribution in [0.25, 0.3) is 0 Å². The van der Waals surface area contributed by atoms with Crippen molar-refractivity contribution in [3.63, 3.8) is 0 Å². The zero-order valence-electron chi connectivity index (χ0n) is 12.7. The molecule has 0 spiro atoms. The summed E-state index contributed by atoms with van der Waals surface area (Å²) in [5.74, 6) is 1.05. The highest BCUT2D eigenvalue weighted by atomic mass is 32.2. The molecular weight excluding hydrogens is 278 g/mol. The second-order valence-corrected chi connectivity index (χ2v) is 6.81. The number of sulfonamides is 1. The Balaban J connectivity index is 2.55. The third-order valence-corrected chi connectivity index (χ3v) is 4.46. The Kier molecular flexibility index (Phi) is 6.67. The first-order valence-electron chi connectivity index (χ1n) is 6.75. The monoisotopic (exact) mass is 303 g/mol. The molecular formula is C13H25N3O3S. The lowest BCUT2D eigenvalue weighted by Gasteiger charge is -2.09. The molecule has 0 fully saturated rings. The van der Waals surface area contributed by atoms with Gasteiger partial charge in [0.25, 0.3) is 0 Å². The van der Waals surface area contributed by atoms with Gasteiger partial charge in [-0.15, -0.1) is 0 Å². The predicted molar refractivity (Wildman–Crippen MR) is 79.2 cm³/mol. The summed E-state index contributed by atoms with van der Waals surface area (Å²) in [5.41, 5.74) is 0. The SMILES string of the molecule is CNCc1cc(S(=O)(=O)NCCCCN(C)C)c(C)o1. The smallest absolute Gasteiger partial charge is 0.244 e. The van der Waals surface area contributed by atoms with Gasteiger partial charge >= 0.3 is 0 Å². The summed E-state index contributed by atoms with van der Waals surface area (Å²) in [7, 11) is 2.32. The van der Waals surface area contributed by atoms with E-state index in [2.05, 4.69) is 14.9 Å². The Hall–Kier alpha value is -0.890. The summed E-state index contributed by atoms with van der Waals surface area (Å²) in [6.07, 6.45) is 1.78. The molecule has 0 aliphatic carbocycles. The average Bonchev–Trinajstić information content (AvgIpc) is 2.70. The Bertz CT molecular complexity index is 509. The van der Waals surface area contributed by atoms with E-state index < -0.39 is 10.0 Å². The molecule has 0 bridgehead atoms. The molecule has 0 radical (unpaired) electrons. The van der Waals surface area contributed by atoms with Gasteiger partial charge in [0.05, 0.1) is 6.54 Å². The molecule has 0 unspecified atom stereocenters. The van der Waals surface area contributed by atoms with Crippen LogP contribution in [0, 0.1) is 6.92 Å². The fourth-order valence-corrected chi connectivity index (χ4v) is 3.16. The fourth-order valence-electron chi connectivity index (χ4n) is 1.89. The van der Waals surface area contributed by atoms with Crippen molar-refractivity contribution in [3.8, 4) is 0 Å². The van der Waals surface area contributed by atoms with Crippen LogP contribution in [0.4, 0.5) is 0 Å². The summed E-state index contributed by atoms with van der Waals surface area (Å²) in [6.45, 7) is 3.58. The Labute approximate surface area is 121 Å². The number of rotatable bonds is 9. The van der Waals surface area contributed by atoms with Gasteiger partial charge in [-0.3, -0.25) is 0 Å². The molecule has 0 aromatic carbocycles. The van der Waals surface area contributed by atoms with E-state index in [9.17, 15) is 8.42 Å². The van der Waals surface area contributed by atoms with Gasteiger partial charge in [-0.2, -0.15) is 0 Å². The molecule has 0 saturated heterocycles. The molecule has 6 nitrogen and oxygen atoms in total. The zero-order valence-corrected chi connectivity index (χ0v) is 13.5. The van der Waals surface area contributed by atoms with Crippen LogP contribution in [-0.4, -0.2) is 47.6 Å². The highest BCUT2D eigenvalue weighted by Gasteiger charge is 2.20. The standard InChI is InChI=1S/C13H25N3O3S/c1-11-13(9-12(19-11)10-14-2)20(17,18)15-7-5-6-8-16(3)4/h9,14-15H,5-8,10H2,1-4H3. The Morgan fingerprint density at radius 1 is 1.30 bits per heavy atom. The lowest BCUT2D eigenvalue weighted by atomic mass is 10.3. The molecule has 1 rings (SSSR count). The lowest BCUT2D eigenvalue weighted by molar-refractivity contribution is 0.394. The molecule has 0 atom stereocenters. The summed E-state index contributed by atoms with van der Waals surface area (Å²) in [6, 6.07) is 1.58. The molecule has 0 aliphatic heterocycles. The number of nitrogens with one attached hydrogen (secondary N) is 2. The molecule has 0 aliphatic rings. The van der Waals surface area contributed by atoms with Gasteiger partial charge in [0.15, 0.2) is 0 Å². The minimum atomic E-state index is -3.47. The molecule has 0 saturated carbocycles. The molecule has 1 aromatic heterocycles. The second kappa shape index (κ2) is 7.78. The summed E-state index contributed by atoms with van der Waals surface area (Å²) in [5, 5.41) is 2.93. The van der Waals surface area contributed by atoms with Gasteiger partial charge in [-0.1, -0.05) is 0 Å². The van der Waals surface area contributed by atoms with Crippen molar-refractivity contribution in [1.29, 1.82) is 0 Å². The second-order valence-electron chi connectivity index (χ2n) is 5.07. The van der Waals surface area contributed by atoms with Crippen LogP contribution in [0.3, 0.4) is 0 Å². The largest absolute Gasteiger partial charge is 0.464 e. The number of unbranched alkanes of at least 4 members (excludes halogenated alkanes) is 1. The van der Waals surface area contributed by atoms with Gasteiger partial charge in [-0.25, -0.2) is 13.1 Å². The van der Waals surface area contributed by atoms with E-state index in [0.717, 1.165) is 19.4 Å². The van der Waals surface area contributed by atoms with E-state index in [0.29, 0.717) is 24.6 Å². The molecule has 1 heterocycles. The topological polar surface area (TPSA) is 74.6 Å². The third kappa shape index (κ3) is 5.24. The number of furan rings is 1. The third-order valence-electron chi connectivity index (χ3n) is 2.89. The maximum absolute atomic E-state index is 12.2. The predicted octanol–water partition coefficient (Wildman–Crippen LogP) is 0.928. The van der Waals surface area contributed by atoms with E-state index in [1.54, 1.807) is 20.0 Å². The van der Waals surface area contributed by atoms with Crippen LogP contribution in [0.5, 0.6) is 0 Å². The first-order valence-corrected chi connectivity index (χ1v) is 8.23. The molecule has 7 heteroatoms. The maximum Gasteiger partial charge on any atom is 0.244 e. The average molecular weight is 303 g/mol. The molecule has 1 aromatic rings. The minimum absolute atomic E-state index is 0.232. The Morgan fingerprint density at radius 3 is 2.60 bits per heavy atom. The van der Waals surface area contributed by atoms with Crippen molar-refractivity contribution in [3.05, 3.63) is 17.6 Å². The van der Waals surface area contributed by atoms with Crippen molar-refractivity contribution in [2.45, 2.75) is 31.2 Å². The van der Waals surface area contributed by atoms with Crippen molar-refractivity contribution in [2.24, 2.45) is 0 Å². The van der Waals surface area contributed by atoms with E-state index in [-0.39, 0.29) is 4.90 Å². The van der Waals surface area contributed by atoms with Crippen molar-refractivity contribution >= 4 is 10.0 Å². The first-order chi connectivity index (χ1) is 9.36. The van der Waals surface area contributed by atoms with Crippen LogP contribution >= 0.6 is 0 Å². The molecule has 0 amide bonds. The highest BCUT2D eigenvalue weighted by molar-refractivity contribution is 7.89. The highest BCUT2D eigenvalue weighted by Crippen LogP contribution is 2.19. The zero-order chi connectivity index (χ0) is 15.2. The quantitative estimate of drug-likeness (QED) is 0.664. The Morgan fingerprint density at radius 2 is 2.00 bits per heavy atom. The maximum atomic E-state index is 12.2. The summed E-state index contributed by atoms with van der Waals surface area (Å²) in [4.78, 5) is 2.31. The van der Waals surface area contributed by atoms with E-state index >= 15 is 0 Å². The number of hydrogen-bond acceptors (Lipinski definition) is 5. The number of aryl methyl sites for hydroxylation is 1. The van der Waals surface area contributed by atoms with Crippen molar-refractivity contribution in [2.75, 3.05) is 34.2 Å². The summed E-state index contributed by atoms with van der Waals surface area (Å²) < 4.78 is 32.4. The van der Waals surface area contributed by atoms with Crippen LogP contribution in [0.1, 0.15) is 24.4 Å². The fraction of sp³-hybridized carbons (Fsp3) is 0.692. The minimum Gasteiger partial charge on any atom is -0.464 e. The van der Waals surface area contributed by atoms with E-state index in [4.69, 9.17) is 4.42 Å². The molecule has 20 heavy (non-hydrogen) atoms. The van der Waals surface area contributed by atoms with Gasteiger partial charge in [0, 0.05) is 12.6 Å². The summed E-state index contributed by atoms with van der Waals surface area (Å²) >= 11 is 0. The van der Waals surface area contributed by atoms with Crippen LogP contribution in [0.2, 0.25) is 0 Å².